The number of hydrogen-bond donors (Lipinski definition) is 1. The number of fused-ring (bicyclic) bond motifs is 2. The van der Waals surface area contributed by atoms with Gasteiger partial charge in [-0.15, -0.1) is 0 Å². The molecule has 0 radical (unpaired) electrons. The lowest BCUT2D eigenvalue weighted by molar-refractivity contribution is 0.0578. The van der Waals surface area contributed by atoms with Gasteiger partial charge in [0.2, 0.25) is 0 Å². The van der Waals surface area contributed by atoms with Crippen LogP contribution in [0.2, 0.25) is 10.0 Å². The highest BCUT2D eigenvalue weighted by Gasteiger charge is 2.51. The predicted molar refractivity (Wildman–Crippen MR) is 91.9 cm³/mol. The van der Waals surface area contributed by atoms with Gasteiger partial charge >= 0.3 is 0 Å². The van der Waals surface area contributed by atoms with Gasteiger partial charge in [0, 0.05) is 23.1 Å². The Morgan fingerprint density at radius 1 is 1.27 bits per heavy atom. The molecule has 2 fully saturated rings. The van der Waals surface area contributed by atoms with Crippen LogP contribution in [-0.2, 0) is 0 Å². The maximum Gasteiger partial charge on any atom is 0.170 e. The van der Waals surface area contributed by atoms with Gasteiger partial charge in [-0.05, 0) is 56.2 Å². The van der Waals surface area contributed by atoms with Gasteiger partial charge in [-0.25, -0.2) is 0 Å². The van der Waals surface area contributed by atoms with E-state index < -0.39 is 0 Å². The van der Waals surface area contributed by atoms with Crippen LogP contribution < -0.4 is 5.32 Å². The monoisotopic (exact) mass is 339 g/mol. The minimum Gasteiger partial charge on any atom is -0.310 e. The molecule has 0 aliphatic carbocycles. The first-order valence-electron chi connectivity index (χ1n) is 8.18. The van der Waals surface area contributed by atoms with Crippen molar-refractivity contribution in [3.05, 3.63) is 33.8 Å². The van der Waals surface area contributed by atoms with E-state index in [4.69, 9.17) is 23.2 Å². The van der Waals surface area contributed by atoms with Crippen molar-refractivity contribution in [3.63, 3.8) is 0 Å². The van der Waals surface area contributed by atoms with Crippen molar-refractivity contribution in [2.45, 2.75) is 58.0 Å². The third kappa shape index (κ3) is 2.81. The van der Waals surface area contributed by atoms with Gasteiger partial charge < -0.3 is 5.32 Å². The van der Waals surface area contributed by atoms with Crippen LogP contribution in [0.5, 0.6) is 0 Å². The molecule has 2 heterocycles. The first-order valence-corrected chi connectivity index (χ1v) is 8.94. The zero-order chi connectivity index (χ0) is 15.9. The molecule has 0 unspecified atom stereocenters. The highest BCUT2D eigenvalue weighted by molar-refractivity contribution is 6.42. The predicted octanol–water partition coefficient (Wildman–Crippen LogP) is 5.12. The van der Waals surface area contributed by atoms with Crippen LogP contribution in [0.4, 0.5) is 0 Å². The van der Waals surface area contributed by atoms with Crippen LogP contribution in [-0.4, -0.2) is 17.9 Å². The quantitative estimate of drug-likeness (QED) is 0.771. The molecule has 0 spiro atoms. The van der Waals surface area contributed by atoms with Gasteiger partial charge in [-0.3, -0.25) is 4.79 Å². The molecule has 0 aromatic heterocycles. The fourth-order valence-corrected chi connectivity index (χ4v) is 4.65. The van der Waals surface area contributed by atoms with Crippen molar-refractivity contribution in [2.24, 2.45) is 11.3 Å². The first-order chi connectivity index (χ1) is 10.4. The molecule has 1 aromatic carbocycles. The molecule has 0 amide bonds. The van der Waals surface area contributed by atoms with Crippen LogP contribution in [0.1, 0.15) is 56.3 Å². The first kappa shape index (κ1) is 16.3. The fraction of sp³-hybridized carbons (Fsp3) is 0.611. The maximum absolute atomic E-state index is 13.4. The highest BCUT2D eigenvalue weighted by Crippen LogP contribution is 2.47. The van der Waals surface area contributed by atoms with Crippen LogP contribution in [0.3, 0.4) is 0 Å². The molecule has 120 valence electrons. The van der Waals surface area contributed by atoms with E-state index in [1.54, 1.807) is 12.1 Å². The summed E-state index contributed by atoms with van der Waals surface area (Å²) in [6, 6.07) is 6.19. The molecule has 2 aliphatic heterocycles. The van der Waals surface area contributed by atoms with E-state index in [1.165, 1.54) is 6.42 Å². The number of piperidine rings is 1. The number of carbonyl (C=O) groups excluding carboxylic acids is 1. The third-order valence-corrected chi connectivity index (χ3v) is 5.99. The standard InChI is InChI=1S/C18H23Cl2NO/c1-11(2)10-18(8-7-13-4-6-16(18)21-13)17(22)12-3-5-14(19)15(20)9-12/h3,5,9,11,13,16,21H,4,6-8,10H2,1-2H3/t13-,16+,18+/m0/s1. The van der Waals surface area contributed by atoms with Gasteiger partial charge in [0.15, 0.2) is 5.78 Å². The van der Waals surface area contributed by atoms with Crippen molar-refractivity contribution < 1.29 is 4.79 Å². The molecule has 1 N–H and O–H groups in total. The van der Waals surface area contributed by atoms with E-state index in [2.05, 4.69) is 19.2 Å². The lowest BCUT2D eigenvalue weighted by atomic mass is 9.65. The van der Waals surface area contributed by atoms with Gasteiger partial charge in [-0.1, -0.05) is 37.0 Å². The molecule has 2 saturated heterocycles. The minimum absolute atomic E-state index is 0.234. The number of rotatable bonds is 4. The van der Waals surface area contributed by atoms with Crippen molar-refractivity contribution in [1.29, 1.82) is 0 Å². The van der Waals surface area contributed by atoms with Crippen LogP contribution in [0.25, 0.3) is 0 Å². The molecule has 22 heavy (non-hydrogen) atoms. The van der Waals surface area contributed by atoms with Crippen LogP contribution in [0.15, 0.2) is 18.2 Å². The topological polar surface area (TPSA) is 29.1 Å². The molecule has 3 atom stereocenters. The minimum atomic E-state index is -0.293. The van der Waals surface area contributed by atoms with Crippen molar-refractivity contribution in [1.82, 2.24) is 5.32 Å². The summed E-state index contributed by atoms with van der Waals surface area (Å²) in [4.78, 5) is 13.4. The van der Waals surface area contributed by atoms with Gasteiger partial charge in [0.25, 0.3) is 0 Å². The molecule has 0 saturated carbocycles. The van der Waals surface area contributed by atoms with Crippen LogP contribution >= 0.6 is 23.2 Å². The second-order valence-electron chi connectivity index (χ2n) is 7.24. The van der Waals surface area contributed by atoms with Crippen molar-refractivity contribution in [2.75, 3.05) is 0 Å². The molecular weight excluding hydrogens is 317 g/mol. The molecule has 1 aromatic rings. The summed E-state index contributed by atoms with van der Waals surface area (Å²) >= 11 is 12.1. The second kappa shape index (κ2) is 6.14. The summed E-state index contributed by atoms with van der Waals surface area (Å²) < 4.78 is 0. The SMILES string of the molecule is CC(C)C[C@]1(C(=O)c2ccc(Cl)c(Cl)c2)CC[C@@H]2CC[C@H]1N2. The average molecular weight is 340 g/mol. The van der Waals surface area contributed by atoms with Crippen LogP contribution in [0, 0.1) is 11.3 Å². The van der Waals surface area contributed by atoms with E-state index >= 15 is 0 Å². The smallest absolute Gasteiger partial charge is 0.170 e. The van der Waals surface area contributed by atoms with E-state index in [0.717, 1.165) is 25.7 Å². The Morgan fingerprint density at radius 3 is 2.73 bits per heavy atom. The second-order valence-corrected chi connectivity index (χ2v) is 8.06. The van der Waals surface area contributed by atoms with E-state index in [1.807, 2.05) is 6.07 Å². The normalized spacial score (nSPS) is 30.8. The Kier molecular flexibility index (Phi) is 4.55. The summed E-state index contributed by atoms with van der Waals surface area (Å²) in [6.07, 6.45) is 5.29. The Hall–Kier alpha value is -0.570. The third-order valence-electron chi connectivity index (χ3n) is 5.25. The summed E-state index contributed by atoms with van der Waals surface area (Å²) in [7, 11) is 0. The number of nitrogens with one attached hydrogen (secondary N) is 1. The summed E-state index contributed by atoms with van der Waals surface area (Å²) in [6.45, 7) is 4.40. The number of carbonyl (C=O) groups is 1. The zero-order valence-corrected chi connectivity index (χ0v) is 14.7. The molecule has 2 bridgehead atoms. The Balaban J connectivity index is 1.98. The van der Waals surface area contributed by atoms with Crippen molar-refractivity contribution >= 4 is 29.0 Å². The number of benzene rings is 1. The average Bonchev–Trinajstić information content (AvgIpc) is 2.88. The maximum atomic E-state index is 13.4. The summed E-state index contributed by atoms with van der Waals surface area (Å²) in [5.74, 6) is 0.725. The lowest BCUT2D eigenvalue weighted by Crippen LogP contribution is -2.53. The van der Waals surface area contributed by atoms with Gasteiger partial charge in [0.05, 0.1) is 10.0 Å². The fourth-order valence-electron chi connectivity index (χ4n) is 4.35. The summed E-state index contributed by atoms with van der Waals surface area (Å²) in [5.41, 5.74) is 0.403. The molecule has 3 rings (SSSR count). The van der Waals surface area contributed by atoms with E-state index in [-0.39, 0.29) is 11.2 Å². The highest BCUT2D eigenvalue weighted by atomic mass is 35.5. The lowest BCUT2D eigenvalue weighted by Gasteiger charge is -2.43. The zero-order valence-electron chi connectivity index (χ0n) is 13.2. The largest absolute Gasteiger partial charge is 0.310 e. The van der Waals surface area contributed by atoms with Gasteiger partial charge in [0.1, 0.15) is 0 Å². The number of Topliss-reactive ketones (excluding diaryl/α,β-unsaturated/α-hetero) is 1. The van der Waals surface area contributed by atoms with E-state index in [9.17, 15) is 4.79 Å². The Bertz CT molecular complexity index is 586. The number of ketones is 1. The van der Waals surface area contributed by atoms with E-state index in [0.29, 0.717) is 33.6 Å². The van der Waals surface area contributed by atoms with Crippen molar-refractivity contribution in [3.8, 4) is 0 Å². The summed E-state index contributed by atoms with van der Waals surface area (Å²) in [5, 5.41) is 4.64. The molecule has 2 nitrogen and oxygen atoms in total. The molecule has 4 heteroatoms. The Morgan fingerprint density at radius 2 is 2.05 bits per heavy atom. The molecule has 2 aliphatic rings. The number of halogens is 2. The Labute approximate surface area is 142 Å². The van der Waals surface area contributed by atoms with Gasteiger partial charge in [-0.2, -0.15) is 0 Å². The number of hydrogen-bond acceptors (Lipinski definition) is 2. The molecular formula is C18H23Cl2NO.